The van der Waals surface area contributed by atoms with Crippen LogP contribution in [0.2, 0.25) is 5.02 Å². The maximum absolute atomic E-state index is 13.0. The lowest BCUT2D eigenvalue weighted by atomic mass is 10.3. The second kappa shape index (κ2) is 9.73. The van der Waals surface area contributed by atoms with Gasteiger partial charge >= 0.3 is 0 Å². The van der Waals surface area contributed by atoms with Crippen molar-refractivity contribution in [2.45, 2.75) is 4.90 Å². The van der Waals surface area contributed by atoms with E-state index in [0.29, 0.717) is 10.8 Å². The molecule has 2 aromatic carbocycles. The van der Waals surface area contributed by atoms with Gasteiger partial charge in [0.1, 0.15) is 18.9 Å². The van der Waals surface area contributed by atoms with Gasteiger partial charge in [-0.2, -0.15) is 0 Å². The van der Waals surface area contributed by atoms with E-state index in [9.17, 15) is 13.2 Å². The zero-order valence-electron chi connectivity index (χ0n) is 15.2. The molecule has 0 aliphatic heterocycles. The van der Waals surface area contributed by atoms with Crippen LogP contribution in [0.5, 0.6) is 5.75 Å². The summed E-state index contributed by atoms with van der Waals surface area (Å²) < 4.78 is 32.5. The standard InChI is InChI=1S/C19H18ClN3O4S2/c20-15-6-8-16(9-7-15)27-12-10-21-18(24)14-23(19-22-11-13-28-19)29(25,26)17-4-2-1-3-5-17/h1-9,11,13H,10,12,14H2,(H,21,24). The predicted molar refractivity (Wildman–Crippen MR) is 113 cm³/mol. The van der Waals surface area contributed by atoms with Crippen LogP contribution in [0, 0.1) is 0 Å². The zero-order valence-corrected chi connectivity index (χ0v) is 17.6. The van der Waals surface area contributed by atoms with Crippen LogP contribution in [0.25, 0.3) is 0 Å². The van der Waals surface area contributed by atoms with Gasteiger partial charge in [0.2, 0.25) is 5.91 Å². The minimum absolute atomic E-state index is 0.0917. The van der Waals surface area contributed by atoms with E-state index < -0.39 is 15.9 Å². The van der Waals surface area contributed by atoms with Gasteiger partial charge in [-0.05, 0) is 36.4 Å². The summed E-state index contributed by atoms with van der Waals surface area (Å²) in [6.07, 6.45) is 1.49. The fourth-order valence-corrected chi connectivity index (χ4v) is 4.78. The van der Waals surface area contributed by atoms with E-state index in [1.807, 2.05) is 0 Å². The summed E-state index contributed by atoms with van der Waals surface area (Å²) in [6, 6.07) is 14.8. The summed E-state index contributed by atoms with van der Waals surface area (Å²) in [5, 5.41) is 5.14. The van der Waals surface area contributed by atoms with Crippen LogP contribution in [-0.4, -0.2) is 39.0 Å². The van der Waals surface area contributed by atoms with E-state index in [0.717, 1.165) is 15.6 Å². The zero-order chi connectivity index (χ0) is 20.7. The average Bonchev–Trinajstić information content (AvgIpc) is 3.25. The lowest BCUT2D eigenvalue weighted by molar-refractivity contribution is -0.119. The monoisotopic (exact) mass is 451 g/mol. The number of hydrogen-bond donors (Lipinski definition) is 1. The van der Waals surface area contributed by atoms with E-state index in [1.54, 1.807) is 47.8 Å². The van der Waals surface area contributed by atoms with Crippen molar-refractivity contribution in [2.24, 2.45) is 0 Å². The summed E-state index contributed by atoms with van der Waals surface area (Å²) in [4.78, 5) is 16.5. The van der Waals surface area contributed by atoms with Crippen molar-refractivity contribution >= 4 is 44.0 Å². The fourth-order valence-electron chi connectivity index (χ4n) is 2.39. The molecule has 0 radical (unpaired) electrons. The number of nitrogens with zero attached hydrogens (tertiary/aromatic N) is 2. The maximum Gasteiger partial charge on any atom is 0.266 e. The Kier molecular flexibility index (Phi) is 7.08. The number of anilines is 1. The minimum Gasteiger partial charge on any atom is -0.492 e. The molecule has 0 aliphatic rings. The normalized spacial score (nSPS) is 11.1. The summed E-state index contributed by atoms with van der Waals surface area (Å²) in [7, 11) is -3.92. The topological polar surface area (TPSA) is 88.6 Å². The molecule has 0 fully saturated rings. The first-order valence-electron chi connectivity index (χ1n) is 8.59. The van der Waals surface area contributed by atoms with Crippen molar-refractivity contribution in [1.29, 1.82) is 0 Å². The molecule has 0 spiro atoms. The van der Waals surface area contributed by atoms with Crippen molar-refractivity contribution in [3.8, 4) is 5.75 Å². The molecule has 0 atom stereocenters. The van der Waals surface area contributed by atoms with Crippen LogP contribution < -0.4 is 14.4 Å². The van der Waals surface area contributed by atoms with Crippen molar-refractivity contribution in [1.82, 2.24) is 10.3 Å². The highest BCUT2D eigenvalue weighted by Gasteiger charge is 2.28. The molecule has 3 aromatic rings. The molecule has 0 saturated heterocycles. The molecule has 29 heavy (non-hydrogen) atoms. The Balaban J connectivity index is 1.61. The summed E-state index contributed by atoms with van der Waals surface area (Å²) in [5.41, 5.74) is 0. The number of aromatic nitrogens is 1. The highest BCUT2D eigenvalue weighted by molar-refractivity contribution is 7.93. The van der Waals surface area contributed by atoms with E-state index in [2.05, 4.69) is 10.3 Å². The lowest BCUT2D eigenvalue weighted by Gasteiger charge is -2.21. The second-order valence-electron chi connectivity index (χ2n) is 5.79. The summed E-state index contributed by atoms with van der Waals surface area (Å²) in [6.45, 7) is 0.0697. The van der Waals surface area contributed by atoms with Gasteiger partial charge in [0.25, 0.3) is 10.0 Å². The number of amides is 1. The first-order chi connectivity index (χ1) is 14.0. The van der Waals surface area contributed by atoms with Gasteiger partial charge < -0.3 is 10.1 Å². The number of hydrogen-bond acceptors (Lipinski definition) is 6. The molecule has 1 amide bonds. The number of thiazole rings is 1. The summed E-state index contributed by atoms with van der Waals surface area (Å²) in [5.74, 6) is 0.166. The van der Waals surface area contributed by atoms with E-state index in [4.69, 9.17) is 16.3 Å². The molecule has 0 aliphatic carbocycles. The summed E-state index contributed by atoms with van der Waals surface area (Å²) >= 11 is 6.96. The number of nitrogens with one attached hydrogen (secondary N) is 1. The van der Waals surface area contributed by atoms with Crippen LogP contribution in [0.3, 0.4) is 0 Å². The molecule has 0 bridgehead atoms. The van der Waals surface area contributed by atoms with Gasteiger partial charge in [-0.25, -0.2) is 17.7 Å². The number of carbonyl (C=O) groups excluding carboxylic acids is 1. The Labute approximate surface area is 178 Å². The Bertz CT molecular complexity index is 1030. The Morgan fingerprint density at radius 3 is 2.52 bits per heavy atom. The number of carbonyl (C=O) groups is 1. The molecule has 1 heterocycles. The molecule has 1 aromatic heterocycles. The third kappa shape index (κ3) is 5.69. The number of rotatable bonds is 9. The molecular weight excluding hydrogens is 434 g/mol. The molecule has 1 N–H and O–H groups in total. The van der Waals surface area contributed by atoms with Gasteiger partial charge in [0.15, 0.2) is 5.13 Å². The molecule has 0 unspecified atom stereocenters. The van der Waals surface area contributed by atoms with Gasteiger partial charge in [-0.15, -0.1) is 11.3 Å². The van der Waals surface area contributed by atoms with Crippen molar-refractivity contribution in [3.63, 3.8) is 0 Å². The minimum atomic E-state index is -3.92. The van der Waals surface area contributed by atoms with Gasteiger partial charge in [0.05, 0.1) is 11.4 Å². The van der Waals surface area contributed by atoms with Crippen LogP contribution in [0.4, 0.5) is 5.13 Å². The predicted octanol–water partition coefficient (Wildman–Crippen LogP) is 3.19. The van der Waals surface area contributed by atoms with Gasteiger partial charge in [0, 0.05) is 16.6 Å². The van der Waals surface area contributed by atoms with Crippen LogP contribution in [0.15, 0.2) is 71.1 Å². The number of halogens is 1. The van der Waals surface area contributed by atoms with E-state index in [1.165, 1.54) is 18.3 Å². The van der Waals surface area contributed by atoms with Gasteiger partial charge in [-0.1, -0.05) is 29.8 Å². The molecule has 0 saturated carbocycles. The molecule has 152 valence electrons. The maximum atomic E-state index is 13.0. The largest absolute Gasteiger partial charge is 0.492 e. The van der Waals surface area contributed by atoms with E-state index in [-0.39, 0.29) is 29.7 Å². The Hall–Kier alpha value is -2.62. The van der Waals surface area contributed by atoms with Crippen LogP contribution in [-0.2, 0) is 14.8 Å². The fraction of sp³-hybridized carbons (Fsp3) is 0.158. The third-order valence-electron chi connectivity index (χ3n) is 3.76. The number of ether oxygens (including phenoxy) is 1. The highest BCUT2D eigenvalue weighted by atomic mass is 35.5. The average molecular weight is 452 g/mol. The van der Waals surface area contributed by atoms with E-state index >= 15 is 0 Å². The SMILES string of the molecule is O=C(CN(c1nccs1)S(=O)(=O)c1ccccc1)NCCOc1ccc(Cl)cc1. The molecular formula is C19H18ClN3O4S2. The molecule has 7 nitrogen and oxygen atoms in total. The first-order valence-corrected chi connectivity index (χ1v) is 11.3. The van der Waals surface area contributed by atoms with Crippen LogP contribution >= 0.6 is 22.9 Å². The number of benzene rings is 2. The van der Waals surface area contributed by atoms with Crippen molar-refractivity contribution < 1.29 is 17.9 Å². The third-order valence-corrected chi connectivity index (χ3v) is 6.67. The number of sulfonamides is 1. The first kappa shape index (κ1) is 21.1. The quantitative estimate of drug-likeness (QED) is 0.505. The van der Waals surface area contributed by atoms with Crippen molar-refractivity contribution in [3.05, 3.63) is 71.2 Å². The van der Waals surface area contributed by atoms with Crippen LogP contribution in [0.1, 0.15) is 0 Å². The Morgan fingerprint density at radius 2 is 1.86 bits per heavy atom. The molecule has 10 heteroatoms. The molecule has 3 rings (SSSR count). The highest BCUT2D eigenvalue weighted by Crippen LogP contribution is 2.25. The Morgan fingerprint density at radius 1 is 1.14 bits per heavy atom. The lowest BCUT2D eigenvalue weighted by Crippen LogP contribution is -2.41. The van der Waals surface area contributed by atoms with Crippen molar-refractivity contribution in [2.75, 3.05) is 24.0 Å². The second-order valence-corrected chi connectivity index (χ2v) is 8.96. The van der Waals surface area contributed by atoms with Gasteiger partial charge in [-0.3, -0.25) is 4.79 Å². The smallest absolute Gasteiger partial charge is 0.266 e.